The molecule has 2 aromatic carbocycles. The molecule has 0 bridgehead atoms. The van der Waals surface area contributed by atoms with Gasteiger partial charge in [0.05, 0.1) is 13.2 Å². The minimum atomic E-state index is -0.104. The molecule has 0 aliphatic rings. The van der Waals surface area contributed by atoms with Gasteiger partial charge in [0.1, 0.15) is 11.5 Å². The average molecular weight is 779 g/mol. The first-order valence-corrected chi connectivity index (χ1v) is 25.0. The molecular formula is C52H91O2P. The third kappa shape index (κ3) is 25.4. The Morgan fingerprint density at radius 1 is 0.327 bits per heavy atom. The van der Waals surface area contributed by atoms with Crippen LogP contribution in [0.3, 0.4) is 0 Å². The normalized spacial score (nSPS) is 11.7. The van der Waals surface area contributed by atoms with Gasteiger partial charge in [-0.15, -0.1) is 9.24 Å². The highest BCUT2D eigenvalue weighted by Crippen LogP contribution is 2.44. The van der Waals surface area contributed by atoms with Crippen molar-refractivity contribution in [1.82, 2.24) is 0 Å². The zero-order valence-corrected chi connectivity index (χ0v) is 38.1. The van der Waals surface area contributed by atoms with Crippen molar-refractivity contribution in [1.29, 1.82) is 0 Å². The van der Waals surface area contributed by atoms with Crippen LogP contribution in [-0.2, 0) is 5.16 Å². The molecule has 0 radical (unpaired) electrons. The maximum absolute atomic E-state index is 6.16. The van der Waals surface area contributed by atoms with Gasteiger partial charge in [0, 0.05) is 5.16 Å². The number of hydrogen-bond donors (Lipinski definition) is 0. The van der Waals surface area contributed by atoms with Crippen LogP contribution in [0, 0.1) is 0 Å². The van der Waals surface area contributed by atoms with E-state index in [1.807, 2.05) is 0 Å². The van der Waals surface area contributed by atoms with Crippen molar-refractivity contribution < 1.29 is 9.47 Å². The van der Waals surface area contributed by atoms with E-state index in [4.69, 9.17) is 9.47 Å². The summed E-state index contributed by atoms with van der Waals surface area (Å²) in [6.45, 7) is 8.52. The lowest BCUT2D eigenvalue weighted by molar-refractivity contribution is 0.304. The van der Waals surface area contributed by atoms with Crippen molar-refractivity contribution in [3.8, 4) is 11.5 Å². The number of rotatable bonds is 40. The smallest absolute Gasteiger partial charge is 0.119 e. The molecule has 2 aromatic rings. The fraction of sp³-hybridized carbons (Fsp3) is 0.769. The van der Waals surface area contributed by atoms with Crippen LogP contribution in [0.2, 0.25) is 0 Å². The van der Waals surface area contributed by atoms with Gasteiger partial charge in [0.25, 0.3) is 0 Å². The Morgan fingerprint density at radius 2 is 0.564 bits per heavy atom. The molecule has 0 saturated carbocycles. The highest BCUT2D eigenvalue weighted by Gasteiger charge is 2.28. The molecule has 0 amide bonds. The predicted molar refractivity (Wildman–Crippen MR) is 248 cm³/mol. The summed E-state index contributed by atoms with van der Waals surface area (Å²) in [6.07, 6.45) is 46.9. The minimum absolute atomic E-state index is 0.104. The summed E-state index contributed by atoms with van der Waals surface area (Å²) in [5.74, 6) is 1.98. The van der Waals surface area contributed by atoms with Crippen molar-refractivity contribution in [3.05, 3.63) is 59.7 Å². The number of ether oxygens (including phenoxy) is 2. The van der Waals surface area contributed by atoms with Crippen molar-refractivity contribution in [2.75, 3.05) is 13.2 Å². The molecular weight excluding hydrogens is 688 g/mol. The Balaban J connectivity index is 1.52. The minimum Gasteiger partial charge on any atom is -0.494 e. The Morgan fingerprint density at radius 3 is 0.800 bits per heavy atom. The Kier molecular flexibility index (Phi) is 32.1. The van der Waals surface area contributed by atoms with Crippen LogP contribution in [-0.4, -0.2) is 13.2 Å². The Hall–Kier alpha value is -1.53. The zero-order valence-electron chi connectivity index (χ0n) is 37.0. The maximum Gasteiger partial charge on any atom is 0.119 e. The summed E-state index contributed by atoms with van der Waals surface area (Å²) >= 11 is 0. The van der Waals surface area contributed by atoms with Gasteiger partial charge in [0.15, 0.2) is 0 Å². The van der Waals surface area contributed by atoms with Gasteiger partial charge in [-0.05, 0) is 54.7 Å². The number of hydrogen-bond acceptors (Lipinski definition) is 2. The third-order valence-corrected chi connectivity index (χ3v) is 12.9. The first kappa shape index (κ1) is 49.6. The first-order chi connectivity index (χ1) is 27.1. The molecule has 3 heteroatoms. The van der Waals surface area contributed by atoms with Gasteiger partial charge in [-0.25, -0.2) is 0 Å². The molecule has 0 spiro atoms. The Labute approximate surface area is 346 Å². The van der Waals surface area contributed by atoms with Gasteiger partial charge >= 0.3 is 0 Å². The third-order valence-electron chi connectivity index (χ3n) is 11.9. The molecule has 2 rings (SSSR count). The van der Waals surface area contributed by atoms with E-state index in [2.05, 4.69) is 78.5 Å². The van der Waals surface area contributed by atoms with Crippen molar-refractivity contribution in [2.24, 2.45) is 0 Å². The molecule has 0 saturated heterocycles. The van der Waals surface area contributed by atoms with E-state index < -0.39 is 0 Å². The highest BCUT2D eigenvalue weighted by atomic mass is 31.0. The molecule has 316 valence electrons. The largest absolute Gasteiger partial charge is 0.494 e. The molecule has 0 heterocycles. The second kappa shape index (κ2) is 35.6. The van der Waals surface area contributed by atoms with Crippen molar-refractivity contribution in [2.45, 2.75) is 244 Å². The lowest BCUT2D eigenvalue weighted by atomic mass is 9.86. The van der Waals surface area contributed by atoms with E-state index in [0.717, 1.165) is 50.4 Å². The van der Waals surface area contributed by atoms with Gasteiger partial charge in [-0.1, -0.05) is 244 Å². The molecule has 55 heavy (non-hydrogen) atoms. The lowest BCUT2D eigenvalue weighted by Crippen LogP contribution is -2.19. The highest BCUT2D eigenvalue weighted by molar-refractivity contribution is 7.19. The zero-order chi connectivity index (χ0) is 39.3. The Bertz CT molecular complexity index is 998. The monoisotopic (exact) mass is 779 g/mol. The molecule has 0 fully saturated rings. The summed E-state index contributed by atoms with van der Waals surface area (Å²) in [4.78, 5) is 0. The standard InChI is InChI=1S/C52H91O2P/c1-4-7-9-11-13-15-17-19-21-23-25-27-29-31-33-35-46-53-50-41-37-48(38-42-50)52(55,45-6-3)49-39-43-51(44-40-49)54-47-36-34-32-30-28-26-24-22-20-18-16-14-12-10-8-5-2/h37-44H,4-36,45-47,55H2,1-3H3. The van der Waals surface area contributed by atoms with Crippen LogP contribution in [0.15, 0.2) is 48.5 Å². The summed E-state index contributed by atoms with van der Waals surface area (Å²) in [5, 5.41) is -0.104. The van der Waals surface area contributed by atoms with Gasteiger partial charge < -0.3 is 9.47 Å². The van der Waals surface area contributed by atoms with Crippen LogP contribution in [0.25, 0.3) is 0 Å². The van der Waals surface area contributed by atoms with Crippen LogP contribution in [0.4, 0.5) is 0 Å². The van der Waals surface area contributed by atoms with Crippen molar-refractivity contribution in [3.63, 3.8) is 0 Å². The second-order valence-electron chi connectivity index (χ2n) is 17.1. The SMILES string of the molecule is CCCCCCCCCCCCCCCCCCOc1ccc(C(P)(CCC)c2ccc(OCCCCCCCCCCCCCCCCCC)cc2)cc1. The van der Waals surface area contributed by atoms with E-state index in [1.54, 1.807) is 0 Å². The maximum atomic E-state index is 6.16. The number of unbranched alkanes of at least 4 members (excludes halogenated alkanes) is 30. The molecule has 0 aliphatic heterocycles. The van der Waals surface area contributed by atoms with E-state index in [0.29, 0.717) is 0 Å². The summed E-state index contributed by atoms with van der Waals surface area (Å²) in [5.41, 5.74) is 2.66. The molecule has 2 nitrogen and oxygen atoms in total. The second-order valence-corrected chi connectivity index (χ2v) is 18.1. The molecule has 0 N–H and O–H groups in total. The van der Waals surface area contributed by atoms with Gasteiger partial charge in [0.2, 0.25) is 0 Å². The van der Waals surface area contributed by atoms with E-state index in [1.165, 1.54) is 204 Å². The van der Waals surface area contributed by atoms with Gasteiger partial charge in [-0.3, -0.25) is 0 Å². The number of benzene rings is 2. The molecule has 1 atom stereocenters. The average Bonchev–Trinajstić information content (AvgIpc) is 3.20. The summed E-state index contributed by atoms with van der Waals surface area (Å²) < 4.78 is 12.3. The van der Waals surface area contributed by atoms with Crippen LogP contribution >= 0.6 is 9.24 Å². The van der Waals surface area contributed by atoms with Crippen molar-refractivity contribution >= 4 is 9.24 Å². The summed E-state index contributed by atoms with van der Waals surface area (Å²) in [7, 11) is 3.19. The summed E-state index contributed by atoms with van der Waals surface area (Å²) in [6, 6.07) is 17.8. The fourth-order valence-corrected chi connectivity index (χ4v) is 8.90. The molecule has 1 unspecified atom stereocenters. The lowest BCUT2D eigenvalue weighted by Gasteiger charge is -2.31. The molecule has 0 aliphatic carbocycles. The van der Waals surface area contributed by atoms with E-state index in [9.17, 15) is 0 Å². The van der Waals surface area contributed by atoms with Crippen LogP contribution in [0.1, 0.15) is 250 Å². The van der Waals surface area contributed by atoms with Crippen LogP contribution < -0.4 is 9.47 Å². The quantitative estimate of drug-likeness (QED) is 0.0495. The first-order valence-electron chi connectivity index (χ1n) is 24.4. The van der Waals surface area contributed by atoms with E-state index in [-0.39, 0.29) is 5.16 Å². The molecule has 0 aromatic heterocycles. The fourth-order valence-electron chi connectivity index (χ4n) is 8.23. The van der Waals surface area contributed by atoms with Gasteiger partial charge in [-0.2, -0.15) is 0 Å². The van der Waals surface area contributed by atoms with E-state index >= 15 is 0 Å². The topological polar surface area (TPSA) is 18.5 Å². The van der Waals surface area contributed by atoms with Crippen LogP contribution in [0.5, 0.6) is 11.5 Å². The predicted octanol–water partition coefficient (Wildman–Crippen LogP) is 17.9.